The Balaban J connectivity index is 2.00. The third-order valence-corrected chi connectivity index (χ3v) is 2.11. The van der Waals surface area contributed by atoms with Crippen LogP contribution in [-0.4, -0.2) is 30.2 Å². The number of hydrogen-bond acceptors (Lipinski definition) is 4. The Morgan fingerprint density at radius 2 is 2.54 bits per heavy atom. The minimum absolute atomic E-state index is 0.106. The van der Waals surface area contributed by atoms with Crippen molar-refractivity contribution in [2.24, 2.45) is 0 Å². The summed E-state index contributed by atoms with van der Waals surface area (Å²) in [5.74, 6) is 0.454. The Bertz CT molecular complexity index is 317. The van der Waals surface area contributed by atoms with Gasteiger partial charge in [0.05, 0.1) is 12.2 Å². The van der Waals surface area contributed by atoms with Gasteiger partial charge in [-0.05, 0) is 6.92 Å². The monoisotopic (exact) mass is 181 g/mol. The zero-order valence-corrected chi connectivity index (χ0v) is 7.33. The Morgan fingerprint density at radius 3 is 3.00 bits per heavy atom. The molecule has 1 aromatic heterocycles. The van der Waals surface area contributed by atoms with Crippen molar-refractivity contribution in [1.82, 2.24) is 15.8 Å². The first kappa shape index (κ1) is 8.25. The van der Waals surface area contributed by atoms with Crippen LogP contribution in [0.5, 0.6) is 0 Å². The smallest absolute Gasteiger partial charge is 0.256 e. The van der Waals surface area contributed by atoms with Crippen LogP contribution >= 0.6 is 0 Å². The minimum Gasteiger partial charge on any atom is -0.361 e. The summed E-state index contributed by atoms with van der Waals surface area (Å²) in [5, 5.41) is 9.47. The standard InChI is InChI=1S/C8H11N3O2/c1-5-7(4-10-13-5)8(12)11-6-2-9-3-6/h4,6,9H,2-3H2,1H3,(H,11,12). The van der Waals surface area contributed by atoms with Crippen LogP contribution in [0.4, 0.5) is 0 Å². The third kappa shape index (κ3) is 1.55. The molecule has 0 bridgehead atoms. The van der Waals surface area contributed by atoms with Gasteiger partial charge in [0.1, 0.15) is 11.3 Å². The lowest BCUT2D eigenvalue weighted by Gasteiger charge is -2.27. The Morgan fingerprint density at radius 1 is 1.77 bits per heavy atom. The fraction of sp³-hybridized carbons (Fsp3) is 0.500. The number of aromatic nitrogens is 1. The number of carbonyl (C=O) groups excluding carboxylic acids is 1. The van der Waals surface area contributed by atoms with Crippen molar-refractivity contribution in [1.29, 1.82) is 0 Å². The quantitative estimate of drug-likeness (QED) is 0.656. The lowest BCUT2D eigenvalue weighted by atomic mass is 10.1. The number of nitrogens with zero attached hydrogens (tertiary/aromatic N) is 1. The van der Waals surface area contributed by atoms with Crippen LogP contribution < -0.4 is 10.6 Å². The van der Waals surface area contributed by atoms with E-state index in [1.165, 1.54) is 6.20 Å². The molecule has 5 heteroatoms. The van der Waals surface area contributed by atoms with E-state index in [0.29, 0.717) is 11.3 Å². The number of rotatable bonds is 2. The summed E-state index contributed by atoms with van der Waals surface area (Å²) in [6, 6.07) is 0.252. The van der Waals surface area contributed by atoms with Gasteiger partial charge in [0, 0.05) is 13.1 Å². The molecule has 0 saturated carbocycles. The first-order valence-electron chi connectivity index (χ1n) is 4.20. The van der Waals surface area contributed by atoms with Crippen molar-refractivity contribution in [2.45, 2.75) is 13.0 Å². The normalized spacial score (nSPS) is 16.7. The van der Waals surface area contributed by atoms with Gasteiger partial charge < -0.3 is 15.2 Å². The van der Waals surface area contributed by atoms with Gasteiger partial charge in [0.15, 0.2) is 0 Å². The summed E-state index contributed by atoms with van der Waals surface area (Å²) < 4.78 is 4.79. The second kappa shape index (κ2) is 3.18. The fourth-order valence-electron chi connectivity index (χ4n) is 1.17. The maximum Gasteiger partial charge on any atom is 0.256 e. The fourth-order valence-corrected chi connectivity index (χ4v) is 1.17. The molecule has 70 valence electrons. The van der Waals surface area contributed by atoms with Gasteiger partial charge in [-0.15, -0.1) is 0 Å². The van der Waals surface area contributed by atoms with Gasteiger partial charge in [-0.2, -0.15) is 0 Å². The largest absolute Gasteiger partial charge is 0.361 e. The average Bonchev–Trinajstić information content (AvgIpc) is 2.43. The van der Waals surface area contributed by atoms with Gasteiger partial charge in [-0.3, -0.25) is 4.79 Å². The van der Waals surface area contributed by atoms with Gasteiger partial charge in [0.25, 0.3) is 5.91 Å². The molecule has 1 amide bonds. The number of aryl methyl sites for hydroxylation is 1. The molecular weight excluding hydrogens is 170 g/mol. The van der Waals surface area contributed by atoms with Gasteiger partial charge in [0.2, 0.25) is 0 Å². The van der Waals surface area contributed by atoms with Crippen molar-refractivity contribution in [2.75, 3.05) is 13.1 Å². The lowest BCUT2D eigenvalue weighted by Crippen LogP contribution is -2.56. The molecule has 1 fully saturated rings. The van der Waals surface area contributed by atoms with E-state index in [-0.39, 0.29) is 11.9 Å². The molecule has 2 heterocycles. The second-order valence-corrected chi connectivity index (χ2v) is 3.12. The van der Waals surface area contributed by atoms with Crippen LogP contribution in [0.15, 0.2) is 10.7 Å². The molecule has 1 aliphatic rings. The highest BCUT2D eigenvalue weighted by Crippen LogP contribution is 2.06. The highest BCUT2D eigenvalue weighted by Gasteiger charge is 2.21. The van der Waals surface area contributed by atoms with E-state index in [0.717, 1.165) is 13.1 Å². The number of nitrogens with one attached hydrogen (secondary N) is 2. The molecule has 0 unspecified atom stereocenters. The van der Waals surface area contributed by atoms with E-state index >= 15 is 0 Å². The van der Waals surface area contributed by atoms with Crippen LogP contribution in [0.3, 0.4) is 0 Å². The highest BCUT2D eigenvalue weighted by molar-refractivity contribution is 5.95. The van der Waals surface area contributed by atoms with Crippen LogP contribution in [0.1, 0.15) is 16.1 Å². The van der Waals surface area contributed by atoms with E-state index < -0.39 is 0 Å². The molecule has 0 aliphatic carbocycles. The van der Waals surface area contributed by atoms with Crippen LogP contribution in [0.2, 0.25) is 0 Å². The maximum atomic E-state index is 11.5. The van der Waals surface area contributed by atoms with E-state index in [1.54, 1.807) is 6.92 Å². The molecule has 1 aliphatic heterocycles. The number of hydrogen-bond donors (Lipinski definition) is 2. The summed E-state index contributed by atoms with van der Waals surface area (Å²) >= 11 is 0. The lowest BCUT2D eigenvalue weighted by molar-refractivity contribution is 0.0922. The highest BCUT2D eigenvalue weighted by atomic mass is 16.5. The van der Waals surface area contributed by atoms with Crippen molar-refractivity contribution in [3.63, 3.8) is 0 Å². The zero-order valence-electron chi connectivity index (χ0n) is 7.33. The molecule has 1 aromatic rings. The Hall–Kier alpha value is -1.36. The Labute approximate surface area is 75.5 Å². The van der Waals surface area contributed by atoms with E-state index in [9.17, 15) is 4.79 Å². The predicted octanol–water partition coefficient (Wildman–Crippen LogP) is -0.315. The maximum absolute atomic E-state index is 11.5. The van der Waals surface area contributed by atoms with Gasteiger partial charge in [-0.25, -0.2) is 0 Å². The molecule has 0 atom stereocenters. The van der Waals surface area contributed by atoms with E-state index in [2.05, 4.69) is 15.8 Å². The Kier molecular flexibility index (Phi) is 2.02. The number of carbonyl (C=O) groups is 1. The molecule has 5 nitrogen and oxygen atoms in total. The summed E-state index contributed by atoms with van der Waals surface area (Å²) in [4.78, 5) is 11.5. The van der Waals surface area contributed by atoms with Gasteiger partial charge >= 0.3 is 0 Å². The zero-order chi connectivity index (χ0) is 9.26. The summed E-state index contributed by atoms with van der Waals surface area (Å²) in [6.45, 7) is 3.41. The third-order valence-electron chi connectivity index (χ3n) is 2.11. The van der Waals surface area contributed by atoms with Crippen molar-refractivity contribution in [3.05, 3.63) is 17.5 Å². The van der Waals surface area contributed by atoms with Crippen LogP contribution in [-0.2, 0) is 0 Å². The summed E-state index contributed by atoms with van der Waals surface area (Å²) in [5.41, 5.74) is 0.520. The van der Waals surface area contributed by atoms with Crippen molar-refractivity contribution < 1.29 is 9.32 Å². The topological polar surface area (TPSA) is 67.2 Å². The SMILES string of the molecule is Cc1oncc1C(=O)NC1CNC1. The molecule has 0 spiro atoms. The number of amides is 1. The van der Waals surface area contributed by atoms with Gasteiger partial charge in [-0.1, -0.05) is 5.16 Å². The molecule has 0 radical (unpaired) electrons. The second-order valence-electron chi connectivity index (χ2n) is 3.12. The molecule has 0 aromatic carbocycles. The molecule has 2 N–H and O–H groups in total. The molecular formula is C8H11N3O2. The molecule has 13 heavy (non-hydrogen) atoms. The van der Waals surface area contributed by atoms with E-state index in [1.807, 2.05) is 0 Å². The van der Waals surface area contributed by atoms with Crippen molar-refractivity contribution >= 4 is 5.91 Å². The predicted molar refractivity (Wildman–Crippen MR) is 45.4 cm³/mol. The molecule has 1 saturated heterocycles. The van der Waals surface area contributed by atoms with Crippen LogP contribution in [0.25, 0.3) is 0 Å². The summed E-state index contributed by atoms with van der Waals surface area (Å²) in [6.07, 6.45) is 1.44. The first-order valence-corrected chi connectivity index (χ1v) is 4.20. The summed E-state index contributed by atoms with van der Waals surface area (Å²) in [7, 11) is 0. The van der Waals surface area contributed by atoms with Crippen molar-refractivity contribution in [3.8, 4) is 0 Å². The minimum atomic E-state index is -0.106. The van der Waals surface area contributed by atoms with E-state index in [4.69, 9.17) is 4.52 Å². The molecule has 2 rings (SSSR count). The van der Waals surface area contributed by atoms with Crippen LogP contribution in [0, 0.1) is 6.92 Å². The first-order chi connectivity index (χ1) is 6.27. The average molecular weight is 181 g/mol.